The molecule has 0 aliphatic rings. The molecular weight excluding hydrogens is 270 g/mol. The second-order valence-electron chi connectivity index (χ2n) is 5.28. The molecule has 0 saturated heterocycles. The maximum absolute atomic E-state index is 12.0. The Morgan fingerprint density at radius 3 is 2.76 bits per heavy atom. The number of amides is 1. The zero-order valence-electron chi connectivity index (χ0n) is 12.7. The van der Waals surface area contributed by atoms with Gasteiger partial charge in [0.05, 0.1) is 11.6 Å². The summed E-state index contributed by atoms with van der Waals surface area (Å²) in [5.74, 6) is 1.39. The number of nitrogens with zero attached hydrogens (tertiary/aromatic N) is 3. The van der Waals surface area contributed by atoms with Gasteiger partial charge in [-0.2, -0.15) is 15.1 Å². The van der Waals surface area contributed by atoms with Gasteiger partial charge >= 0.3 is 0 Å². The number of fused-ring (bicyclic) bond motifs is 1. The van der Waals surface area contributed by atoms with E-state index in [1.807, 2.05) is 0 Å². The molecule has 1 unspecified atom stereocenters. The van der Waals surface area contributed by atoms with E-state index in [2.05, 4.69) is 50.0 Å². The molecule has 0 aromatic carbocycles. The number of aromatic nitrogens is 4. The molecule has 0 saturated carbocycles. The molecule has 2 heterocycles. The molecule has 0 spiro atoms. The highest BCUT2D eigenvalue weighted by atomic mass is 16.2. The fourth-order valence-corrected chi connectivity index (χ4v) is 1.79. The highest BCUT2D eigenvalue weighted by molar-refractivity contribution is 5.90. The maximum atomic E-state index is 12.0. The molecule has 8 heteroatoms. The van der Waals surface area contributed by atoms with Crippen molar-refractivity contribution in [2.45, 2.75) is 26.8 Å². The standard InChI is InChI=1S/C13H21N7O/c1-7(2)5-15-12(21)8(3)17-10-9-6-16-20-11(9)19-13(14-4)18-10/h6-8H,5H2,1-4H3,(H,15,21)(H3,14,16,17,18,19,20). The Labute approximate surface area is 123 Å². The Morgan fingerprint density at radius 2 is 2.10 bits per heavy atom. The van der Waals surface area contributed by atoms with Crippen LogP contribution in [0.4, 0.5) is 11.8 Å². The first kappa shape index (κ1) is 15.0. The number of carbonyl (C=O) groups is 1. The molecule has 2 aromatic rings. The van der Waals surface area contributed by atoms with Crippen LogP contribution in [0.2, 0.25) is 0 Å². The minimum Gasteiger partial charge on any atom is -0.358 e. The van der Waals surface area contributed by atoms with Crippen molar-refractivity contribution in [1.29, 1.82) is 0 Å². The van der Waals surface area contributed by atoms with E-state index in [1.165, 1.54) is 0 Å². The summed E-state index contributed by atoms with van der Waals surface area (Å²) in [5, 5.41) is 16.4. The lowest BCUT2D eigenvalue weighted by Crippen LogP contribution is -2.39. The van der Waals surface area contributed by atoms with Gasteiger partial charge in [0.1, 0.15) is 11.9 Å². The van der Waals surface area contributed by atoms with E-state index in [1.54, 1.807) is 20.2 Å². The minimum atomic E-state index is -0.401. The monoisotopic (exact) mass is 291 g/mol. The lowest BCUT2D eigenvalue weighted by atomic mass is 10.2. The average molecular weight is 291 g/mol. The number of hydrogen-bond acceptors (Lipinski definition) is 6. The molecule has 1 amide bonds. The van der Waals surface area contributed by atoms with Gasteiger partial charge in [0.15, 0.2) is 5.65 Å². The van der Waals surface area contributed by atoms with Gasteiger partial charge in [-0.3, -0.25) is 9.89 Å². The summed E-state index contributed by atoms with van der Waals surface area (Å²) >= 11 is 0. The Hall–Kier alpha value is -2.38. The van der Waals surface area contributed by atoms with Gasteiger partial charge in [-0.25, -0.2) is 0 Å². The number of carbonyl (C=O) groups excluding carboxylic acids is 1. The average Bonchev–Trinajstić information content (AvgIpc) is 2.92. The number of aromatic amines is 1. The number of hydrogen-bond donors (Lipinski definition) is 4. The topological polar surface area (TPSA) is 108 Å². The van der Waals surface area contributed by atoms with Crippen molar-refractivity contribution < 1.29 is 4.79 Å². The quantitative estimate of drug-likeness (QED) is 0.631. The van der Waals surface area contributed by atoms with Crippen LogP contribution in [0.3, 0.4) is 0 Å². The van der Waals surface area contributed by atoms with Gasteiger partial charge in [0, 0.05) is 13.6 Å². The molecule has 4 N–H and O–H groups in total. The molecule has 0 radical (unpaired) electrons. The third-order valence-electron chi connectivity index (χ3n) is 2.96. The molecule has 0 aliphatic carbocycles. The number of rotatable bonds is 6. The lowest BCUT2D eigenvalue weighted by molar-refractivity contribution is -0.121. The summed E-state index contributed by atoms with van der Waals surface area (Å²) in [7, 11) is 1.74. The molecule has 114 valence electrons. The second-order valence-corrected chi connectivity index (χ2v) is 5.28. The fourth-order valence-electron chi connectivity index (χ4n) is 1.79. The fraction of sp³-hybridized carbons (Fsp3) is 0.538. The van der Waals surface area contributed by atoms with Crippen LogP contribution in [-0.4, -0.2) is 45.7 Å². The van der Waals surface area contributed by atoms with E-state index in [4.69, 9.17) is 0 Å². The van der Waals surface area contributed by atoms with Gasteiger partial charge in [-0.15, -0.1) is 0 Å². The second kappa shape index (κ2) is 6.38. The van der Waals surface area contributed by atoms with Crippen molar-refractivity contribution >= 4 is 28.7 Å². The predicted molar refractivity (Wildman–Crippen MR) is 82.2 cm³/mol. The van der Waals surface area contributed by atoms with Crippen molar-refractivity contribution in [2.75, 3.05) is 24.2 Å². The maximum Gasteiger partial charge on any atom is 0.242 e. The predicted octanol–water partition coefficient (Wildman–Crippen LogP) is 0.967. The van der Waals surface area contributed by atoms with Gasteiger partial charge in [-0.05, 0) is 12.8 Å². The summed E-state index contributed by atoms with van der Waals surface area (Å²) < 4.78 is 0. The van der Waals surface area contributed by atoms with Crippen molar-refractivity contribution in [3.8, 4) is 0 Å². The van der Waals surface area contributed by atoms with E-state index in [9.17, 15) is 4.79 Å². The van der Waals surface area contributed by atoms with Crippen LogP contribution in [0.1, 0.15) is 20.8 Å². The Bertz CT molecular complexity index is 622. The summed E-state index contributed by atoms with van der Waals surface area (Å²) in [5.41, 5.74) is 0.617. The van der Waals surface area contributed by atoms with E-state index in [0.717, 1.165) is 5.39 Å². The zero-order valence-corrected chi connectivity index (χ0v) is 12.7. The first-order valence-corrected chi connectivity index (χ1v) is 6.94. The summed E-state index contributed by atoms with van der Waals surface area (Å²) in [6.45, 7) is 6.55. The van der Waals surface area contributed by atoms with Crippen LogP contribution in [-0.2, 0) is 4.79 Å². The Morgan fingerprint density at radius 1 is 1.33 bits per heavy atom. The third kappa shape index (κ3) is 3.59. The molecule has 0 bridgehead atoms. The first-order valence-electron chi connectivity index (χ1n) is 6.94. The highest BCUT2D eigenvalue weighted by Crippen LogP contribution is 2.20. The van der Waals surface area contributed by atoms with Crippen molar-refractivity contribution in [3.05, 3.63) is 6.20 Å². The molecule has 0 fully saturated rings. The van der Waals surface area contributed by atoms with Crippen LogP contribution >= 0.6 is 0 Å². The van der Waals surface area contributed by atoms with Crippen molar-refractivity contribution in [3.63, 3.8) is 0 Å². The summed E-state index contributed by atoms with van der Waals surface area (Å²) in [6.07, 6.45) is 1.63. The molecular formula is C13H21N7O. The Balaban J connectivity index is 2.14. The SMILES string of the molecule is CNc1nc(NC(C)C(=O)NCC(C)C)c2cn[nH]c2n1. The number of anilines is 2. The number of H-pyrrole nitrogens is 1. The molecule has 2 rings (SSSR count). The largest absolute Gasteiger partial charge is 0.358 e. The van der Waals surface area contributed by atoms with Crippen molar-refractivity contribution in [2.24, 2.45) is 5.92 Å². The van der Waals surface area contributed by atoms with Crippen LogP contribution in [0.5, 0.6) is 0 Å². The number of nitrogens with one attached hydrogen (secondary N) is 4. The van der Waals surface area contributed by atoms with Crippen LogP contribution < -0.4 is 16.0 Å². The normalized spacial score (nSPS) is 12.4. The molecule has 1 atom stereocenters. The van der Waals surface area contributed by atoms with Crippen LogP contribution in [0, 0.1) is 5.92 Å². The van der Waals surface area contributed by atoms with Gasteiger partial charge in [-0.1, -0.05) is 13.8 Å². The molecule has 21 heavy (non-hydrogen) atoms. The van der Waals surface area contributed by atoms with Gasteiger partial charge in [0.2, 0.25) is 11.9 Å². The van der Waals surface area contributed by atoms with Gasteiger partial charge < -0.3 is 16.0 Å². The third-order valence-corrected chi connectivity index (χ3v) is 2.96. The van der Waals surface area contributed by atoms with E-state index >= 15 is 0 Å². The highest BCUT2D eigenvalue weighted by Gasteiger charge is 2.16. The lowest BCUT2D eigenvalue weighted by Gasteiger charge is -2.16. The smallest absolute Gasteiger partial charge is 0.242 e. The minimum absolute atomic E-state index is 0.0648. The summed E-state index contributed by atoms with van der Waals surface area (Å²) in [6, 6.07) is -0.401. The van der Waals surface area contributed by atoms with E-state index < -0.39 is 6.04 Å². The molecule has 8 nitrogen and oxygen atoms in total. The van der Waals surface area contributed by atoms with E-state index in [0.29, 0.717) is 29.9 Å². The first-order chi connectivity index (χ1) is 10.0. The van der Waals surface area contributed by atoms with Gasteiger partial charge in [0.25, 0.3) is 0 Å². The Kier molecular flexibility index (Phi) is 4.56. The van der Waals surface area contributed by atoms with Crippen molar-refractivity contribution in [1.82, 2.24) is 25.5 Å². The van der Waals surface area contributed by atoms with Crippen LogP contribution in [0.15, 0.2) is 6.20 Å². The summed E-state index contributed by atoms with van der Waals surface area (Å²) in [4.78, 5) is 20.6. The molecule has 0 aliphatic heterocycles. The van der Waals surface area contributed by atoms with E-state index in [-0.39, 0.29) is 5.91 Å². The zero-order chi connectivity index (χ0) is 15.4. The van der Waals surface area contributed by atoms with Crippen LogP contribution in [0.25, 0.3) is 11.0 Å². The molecule has 2 aromatic heterocycles.